The van der Waals surface area contributed by atoms with E-state index in [1.807, 2.05) is 6.92 Å². The Balaban J connectivity index is 2.03. The molecule has 0 saturated carbocycles. The van der Waals surface area contributed by atoms with Gasteiger partial charge in [0.2, 0.25) is 0 Å². The molecule has 0 spiro atoms. The third kappa shape index (κ3) is 1.90. The third-order valence-electron chi connectivity index (χ3n) is 2.86. The summed E-state index contributed by atoms with van der Waals surface area (Å²) in [4.78, 5) is 17.0. The van der Waals surface area contributed by atoms with Crippen LogP contribution in [0.15, 0.2) is 18.3 Å². The van der Waals surface area contributed by atoms with Crippen molar-refractivity contribution in [2.24, 2.45) is 0 Å². The highest BCUT2D eigenvalue weighted by atomic mass is 19.1. The van der Waals surface area contributed by atoms with E-state index in [2.05, 4.69) is 4.98 Å². The van der Waals surface area contributed by atoms with Gasteiger partial charge in [0.15, 0.2) is 0 Å². The van der Waals surface area contributed by atoms with Gasteiger partial charge in [0.05, 0.1) is 24.9 Å². The van der Waals surface area contributed by atoms with E-state index in [4.69, 9.17) is 0 Å². The fraction of sp³-hybridized carbons (Fsp3) is 0.455. The van der Waals surface area contributed by atoms with Crippen LogP contribution in [-0.2, 0) is 0 Å². The van der Waals surface area contributed by atoms with Gasteiger partial charge in [-0.2, -0.15) is 0 Å². The number of halogens is 1. The molecular formula is C11H13FN2O2. The molecule has 0 unspecified atom stereocenters. The van der Waals surface area contributed by atoms with Crippen molar-refractivity contribution in [2.75, 3.05) is 13.1 Å². The number of carbonyl (C=O) groups is 1. The van der Waals surface area contributed by atoms with Crippen molar-refractivity contribution in [1.29, 1.82) is 0 Å². The number of nitrogens with zero attached hydrogens (tertiary/aromatic N) is 2. The molecule has 0 radical (unpaired) electrons. The van der Waals surface area contributed by atoms with Crippen LogP contribution < -0.4 is 0 Å². The van der Waals surface area contributed by atoms with Crippen molar-refractivity contribution >= 4 is 5.91 Å². The summed E-state index contributed by atoms with van der Waals surface area (Å²) < 4.78 is 12.6. The third-order valence-corrected chi connectivity index (χ3v) is 2.86. The van der Waals surface area contributed by atoms with Gasteiger partial charge in [-0.15, -0.1) is 0 Å². The lowest BCUT2D eigenvalue weighted by molar-refractivity contribution is -0.0828. The first kappa shape index (κ1) is 11.0. The molecule has 0 atom stereocenters. The van der Waals surface area contributed by atoms with Gasteiger partial charge >= 0.3 is 0 Å². The fourth-order valence-electron chi connectivity index (χ4n) is 1.70. The molecule has 1 amide bonds. The summed E-state index contributed by atoms with van der Waals surface area (Å²) in [6.07, 6.45) is 1.63. The SMILES string of the molecule is CCC1(O)CN(C(=O)c2ccc(F)cn2)C1. The first-order valence-corrected chi connectivity index (χ1v) is 5.17. The van der Waals surface area contributed by atoms with Crippen molar-refractivity contribution in [2.45, 2.75) is 18.9 Å². The lowest BCUT2D eigenvalue weighted by Crippen LogP contribution is -2.63. The van der Waals surface area contributed by atoms with Crippen molar-refractivity contribution in [3.63, 3.8) is 0 Å². The molecule has 4 nitrogen and oxygen atoms in total. The molecular weight excluding hydrogens is 211 g/mol. The second-order valence-corrected chi connectivity index (χ2v) is 4.10. The Kier molecular flexibility index (Phi) is 2.63. The highest BCUT2D eigenvalue weighted by Gasteiger charge is 2.42. The van der Waals surface area contributed by atoms with Gasteiger partial charge in [0, 0.05) is 0 Å². The Morgan fingerprint density at radius 3 is 2.81 bits per heavy atom. The predicted molar refractivity (Wildman–Crippen MR) is 55.3 cm³/mol. The number of amides is 1. The van der Waals surface area contributed by atoms with Crippen LogP contribution in [0.2, 0.25) is 0 Å². The lowest BCUT2D eigenvalue weighted by atomic mass is 9.91. The molecule has 5 heteroatoms. The average Bonchev–Trinajstić information content (AvgIpc) is 2.25. The number of β-amino-alcohol motifs (C(OH)–C–C–N with tert-alkyl or cyclic N) is 1. The number of aromatic nitrogens is 1. The van der Waals surface area contributed by atoms with Crippen LogP contribution in [0.4, 0.5) is 4.39 Å². The maximum absolute atomic E-state index is 12.6. The number of likely N-dealkylation sites (tertiary alicyclic amines) is 1. The van der Waals surface area contributed by atoms with Crippen LogP contribution in [0, 0.1) is 5.82 Å². The molecule has 16 heavy (non-hydrogen) atoms. The first-order chi connectivity index (χ1) is 7.54. The van der Waals surface area contributed by atoms with Crippen LogP contribution in [0.1, 0.15) is 23.8 Å². The van der Waals surface area contributed by atoms with Crippen LogP contribution in [0.3, 0.4) is 0 Å². The van der Waals surface area contributed by atoms with Crippen molar-refractivity contribution < 1.29 is 14.3 Å². The smallest absolute Gasteiger partial charge is 0.272 e. The number of hydrogen-bond donors (Lipinski definition) is 1. The lowest BCUT2D eigenvalue weighted by Gasteiger charge is -2.45. The van der Waals surface area contributed by atoms with Gasteiger partial charge in [-0.3, -0.25) is 4.79 Å². The monoisotopic (exact) mass is 224 g/mol. The van der Waals surface area contributed by atoms with Crippen molar-refractivity contribution in [3.05, 3.63) is 29.8 Å². The van der Waals surface area contributed by atoms with Crippen LogP contribution in [-0.4, -0.2) is 39.6 Å². The van der Waals surface area contributed by atoms with Gasteiger partial charge in [-0.25, -0.2) is 9.37 Å². The van der Waals surface area contributed by atoms with E-state index >= 15 is 0 Å². The van der Waals surface area contributed by atoms with Gasteiger partial charge in [-0.05, 0) is 18.6 Å². The minimum Gasteiger partial charge on any atom is -0.386 e. The standard InChI is InChI=1S/C11H13FN2O2/c1-2-11(16)6-14(7-11)10(15)9-4-3-8(12)5-13-9/h3-5,16H,2,6-7H2,1H3. The van der Waals surface area contributed by atoms with Gasteiger partial charge < -0.3 is 10.0 Å². The Bertz CT molecular complexity index is 399. The zero-order chi connectivity index (χ0) is 11.8. The Morgan fingerprint density at radius 1 is 1.62 bits per heavy atom. The molecule has 2 rings (SSSR count). The zero-order valence-corrected chi connectivity index (χ0v) is 8.98. The number of pyridine rings is 1. The maximum atomic E-state index is 12.6. The molecule has 0 aromatic carbocycles. The van der Waals surface area contributed by atoms with Gasteiger partial charge in [0.25, 0.3) is 5.91 Å². The van der Waals surface area contributed by atoms with Crippen LogP contribution in [0.5, 0.6) is 0 Å². The number of carbonyl (C=O) groups excluding carboxylic acids is 1. The zero-order valence-electron chi connectivity index (χ0n) is 8.98. The molecule has 1 saturated heterocycles. The second kappa shape index (κ2) is 3.83. The molecule has 1 aromatic heterocycles. The first-order valence-electron chi connectivity index (χ1n) is 5.17. The van der Waals surface area contributed by atoms with Crippen molar-refractivity contribution in [1.82, 2.24) is 9.88 Å². The van der Waals surface area contributed by atoms with E-state index in [1.165, 1.54) is 17.0 Å². The summed E-state index contributed by atoms with van der Waals surface area (Å²) in [6.45, 7) is 2.51. The molecule has 0 aliphatic carbocycles. The van der Waals surface area contributed by atoms with E-state index in [9.17, 15) is 14.3 Å². The topological polar surface area (TPSA) is 53.4 Å². The molecule has 2 heterocycles. The normalized spacial score (nSPS) is 18.1. The molecule has 1 aromatic rings. The molecule has 86 valence electrons. The summed E-state index contributed by atoms with van der Waals surface area (Å²) in [5.74, 6) is -0.733. The molecule has 1 fully saturated rings. The van der Waals surface area contributed by atoms with E-state index < -0.39 is 11.4 Å². The highest BCUT2D eigenvalue weighted by Crippen LogP contribution is 2.25. The van der Waals surface area contributed by atoms with E-state index in [-0.39, 0.29) is 11.6 Å². The Morgan fingerprint density at radius 2 is 2.31 bits per heavy atom. The van der Waals surface area contributed by atoms with Crippen LogP contribution in [0.25, 0.3) is 0 Å². The Hall–Kier alpha value is -1.49. The number of hydrogen-bond acceptors (Lipinski definition) is 3. The summed E-state index contributed by atoms with van der Waals surface area (Å²) in [7, 11) is 0. The molecule has 0 bridgehead atoms. The minimum absolute atomic E-state index is 0.208. The summed E-state index contributed by atoms with van der Waals surface area (Å²) in [6, 6.07) is 2.55. The van der Waals surface area contributed by atoms with Gasteiger partial charge in [0.1, 0.15) is 11.5 Å². The van der Waals surface area contributed by atoms with E-state index in [0.717, 1.165) is 6.20 Å². The molecule has 1 aliphatic heterocycles. The molecule has 1 aliphatic rings. The van der Waals surface area contributed by atoms with Crippen molar-refractivity contribution in [3.8, 4) is 0 Å². The average molecular weight is 224 g/mol. The Labute approximate surface area is 92.7 Å². The predicted octanol–water partition coefficient (Wildman–Crippen LogP) is 0.818. The summed E-state index contributed by atoms with van der Waals surface area (Å²) in [5, 5.41) is 9.75. The quantitative estimate of drug-likeness (QED) is 0.809. The van der Waals surface area contributed by atoms with E-state index in [0.29, 0.717) is 19.5 Å². The second-order valence-electron chi connectivity index (χ2n) is 4.10. The fourth-order valence-corrected chi connectivity index (χ4v) is 1.70. The number of aliphatic hydroxyl groups is 1. The van der Waals surface area contributed by atoms with Crippen LogP contribution >= 0.6 is 0 Å². The highest BCUT2D eigenvalue weighted by molar-refractivity contribution is 5.93. The van der Waals surface area contributed by atoms with Gasteiger partial charge in [-0.1, -0.05) is 6.92 Å². The molecule has 1 N–H and O–H groups in total. The minimum atomic E-state index is -0.754. The summed E-state index contributed by atoms with van der Waals surface area (Å²) >= 11 is 0. The largest absolute Gasteiger partial charge is 0.386 e. The van der Waals surface area contributed by atoms with E-state index in [1.54, 1.807) is 0 Å². The summed E-state index contributed by atoms with van der Waals surface area (Å²) in [5.41, 5.74) is -0.546. The number of rotatable bonds is 2. The maximum Gasteiger partial charge on any atom is 0.272 e.